The van der Waals surface area contributed by atoms with Gasteiger partial charge in [-0.15, -0.1) is 0 Å². The first-order valence-electron chi connectivity index (χ1n) is 8.09. The molecule has 0 aliphatic carbocycles. The van der Waals surface area contributed by atoms with Crippen LogP contribution in [0.3, 0.4) is 0 Å². The highest BCUT2D eigenvalue weighted by atomic mass is 16.6. The van der Waals surface area contributed by atoms with Crippen molar-refractivity contribution >= 4 is 23.3 Å². The molecular weight excluding hydrogens is 364 g/mol. The summed E-state index contributed by atoms with van der Waals surface area (Å²) in [6.45, 7) is 0. The number of benzene rings is 3. The Balaban J connectivity index is 1.63. The van der Waals surface area contributed by atoms with Crippen molar-refractivity contribution in [2.24, 2.45) is 0 Å². The number of carboxylic acids is 1. The first-order valence-corrected chi connectivity index (χ1v) is 8.09. The predicted molar refractivity (Wildman–Crippen MR) is 101 cm³/mol. The Labute approximate surface area is 159 Å². The van der Waals surface area contributed by atoms with Gasteiger partial charge < -0.3 is 15.2 Å². The molecule has 0 saturated heterocycles. The second-order valence-electron chi connectivity index (χ2n) is 5.71. The number of ether oxygens (including phenoxy) is 1. The van der Waals surface area contributed by atoms with Crippen LogP contribution in [0.25, 0.3) is 0 Å². The van der Waals surface area contributed by atoms with Crippen LogP contribution in [0.15, 0.2) is 72.8 Å². The normalized spacial score (nSPS) is 10.1. The molecule has 0 bridgehead atoms. The predicted octanol–water partition coefficient (Wildman–Crippen LogP) is 4.34. The Morgan fingerprint density at radius 3 is 1.82 bits per heavy atom. The molecule has 8 nitrogen and oxygen atoms in total. The largest absolute Gasteiger partial charge is 0.478 e. The molecule has 1 amide bonds. The molecule has 0 spiro atoms. The van der Waals surface area contributed by atoms with Crippen LogP contribution in [0, 0.1) is 10.1 Å². The van der Waals surface area contributed by atoms with Crippen molar-refractivity contribution in [1.82, 2.24) is 0 Å². The highest BCUT2D eigenvalue weighted by molar-refractivity contribution is 6.04. The number of amides is 1. The summed E-state index contributed by atoms with van der Waals surface area (Å²) in [6.07, 6.45) is 0. The summed E-state index contributed by atoms with van der Waals surface area (Å²) < 4.78 is 5.59. The smallest absolute Gasteiger partial charge is 0.335 e. The molecule has 3 aromatic carbocycles. The van der Waals surface area contributed by atoms with Crippen molar-refractivity contribution in [1.29, 1.82) is 0 Å². The lowest BCUT2D eigenvalue weighted by Gasteiger charge is -2.08. The van der Waals surface area contributed by atoms with Gasteiger partial charge >= 0.3 is 5.97 Å². The molecule has 0 radical (unpaired) electrons. The number of nitrogens with zero attached hydrogens (tertiary/aromatic N) is 1. The first-order chi connectivity index (χ1) is 13.4. The van der Waals surface area contributed by atoms with Gasteiger partial charge in [0, 0.05) is 23.4 Å². The molecule has 0 fully saturated rings. The molecule has 0 aromatic heterocycles. The van der Waals surface area contributed by atoms with Crippen LogP contribution >= 0.6 is 0 Å². The zero-order chi connectivity index (χ0) is 20.1. The topological polar surface area (TPSA) is 119 Å². The van der Waals surface area contributed by atoms with Crippen LogP contribution in [0.2, 0.25) is 0 Å². The van der Waals surface area contributed by atoms with E-state index in [1.54, 1.807) is 24.3 Å². The highest BCUT2D eigenvalue weighted by Gasteiger charge is 2.09. The zero-order valence-electron chi connectivity index (χ0n) is 14.4. The van der Waals surface area contributed by atoms with E-state index in [9.17, 15) is 19.7 Å². The van der Waals surface area contributed by atoms with Crippen molar-refractivity contribution in [2.45, 2.75) is 0 Å². The summed E-state index contributed by atoms with van der Waals surface area (Å²) in [5, 5.41) is 22.2. The van der Waals surface area contributed by atoms with Gasteiger partial charge in [0.05, 0.1) is 10.5 Å². The monoisotopic (exact) mass is 378 g/mol. The average Bonchev–Trinajstić information content (AvgIpc) is 2.69. The number of nitrogens with one attached hydrogen (secondary N) is 1. The lowest BCUT2D eigenvalue weighted by molar-refractivity contribution is -0.384. The van der Waals surface area contributed by atoms with Crippen LogP contribution in [0.1, 0.15) is 20.7 Å². The van der Waals surface area contributed by atoms with Crippen molar-refractivity contribution in [3.8, 4) is 11.5 Å². The SMILES string of the molecule is O=C(O)c1ccc(NC(=O)c2ccc(Oc3ccc([N+](=O)[O-])cc3)cc2)cc1. The van der Waals surface area contributed by atoms with E-state index in [-0.39, 0.29) is 17.2 Å². The molecule has 0 saturated carbocycles. The molecule has 0 unspecified atom stereocenters. The summed E-state index contributed by atoms with van der Waals surface area (Å²) in [5.41, 5.74) is 0.959. The summed E-state index contributed by atoms with van der Waals surface area (Å²) >= 11 is 0. The standard InChI is InChI=1S/C20H14N2O6/c23-19(21-15-5-1-14(2-6-15)20(24)25)13-3-9-17(10-4-13)28-18-11-7-16(8-12-18)22(26)27/h1-12H,(H,21,23)(H,24,25). The quantitative estimate of drug-likeness (QED) is 0.486. The van der Waals surface area contributed by atoms with Crippen molar-refractivity contribution in [3.63, 3.8) is 0 Å². The fourth-order valence-corrected chi connectivity index (χ4v) is 2.35. The minimum absolute atomic E-state index is 0.0317. The fraction of sp³-hybridized carbons (Fsp3) is 0. The second-order valence-corrected chi connectivity index (χ2v) is 5.71. The molecule has 0 atom stereocenters. The Morgan fingerprint density at radius 1 is 0.821 bits per heavy atom. The highest BCUT2D eigenvalue weighted by Crippen LogP contribution is 2.24. The number of hydrogen-bond donors (Lipinski definition) is 2. The van der Waals surface area contributed by atoms with E-state index in [1.165, 1.54) is 48.5 Å². The lowest BCUT2D eigenvalue weighted by Crippen LogP contribution is -2.11. The van der Waals surface area contributed by atoms with Crippen LogP contribution in [0.4, 0.5) is 11.4 Å². The number of hydrogen-bond acceptors (Lipinski definition) is 5. The van der Waals surface area contributed by atoms with E-state index in [2.05, 4.69) is 5.32 Å². The Hall–Kier alpha value is -4.20. The number of carbonyl (C=O) groups is 2. The van der Waals surface area contributed by atoms with E-state index in [0.29, 0.717) is 22.7 Å². The third-order valence-electron chi connectivity index (χ3n) is 3.79. The van der Waals surface area contributed by atoms with E-state index >= 15 is 0 Å². The third kappa shape index (κ3) is 4.50. The van der Waals surface area contributed by atoms with Crippen LogP contribution in [-0.4, -0.2) is 21.9 Å². The molecule has 3 rings (SSSR count). The number of aromatic carboxylic acids is 1. The fourth-order valence-electron chi connectivity index (χ4n) is 2.35. The van der Waals surface area contributed by atoms with Gasteiger partial charge in [-0.2, -0.15) is 0 Å². The van der Waals surface area contributed by atoms with Gasteiger partial charge in [-0.1, -0.05) is 0 Å². The van der Waals surface area contributed by atoms with Gasteiger partial charge in [-0.25, -0.2) is 4.79 Å². The third-order valence-corrected chi connectivity index (χ3v) is 3.79. The lowest BCUT2D eigenvalue weighted by atomic mass is 10.1. The summed E-state index contributed by atoms with van der Waals surface area (Å²) in [5.74, 6) is -0.496. The van der Waals surface area contributed by atoms with Crippen LogP contribution < -0.4 is 10.1 Å². The number of carbonyl (C=O) groups excluding carboxylic acids is 1. The van der Waals surface area contributed by atoms with Gasteiger partial charge in [-0.05, 0) is 60.7 Å². The van der Waals surface area contributed by atoms with E-state index < -0.39 is 10.9 Å². The van der Waals surface area contributed by atoms with E-state index in [0.717, 1.165) is 0 Å². The second kappa shape index (κ2) is 8.00. The number of anilines is 1. The maximum absolute atomic E-state index is 12.3. The van der Waals surface area contributed by atoms with Crippen LogP contribution in [0.5, 0.6) is 11.5 Å². The summed E-state index contributed by atoms with van der Waals surface area (Å²) in [6, 6.07) is 17.8. The van der Waals surface area contributed by atoms with Gasteiger partial charge in [0.1, 0.15) is 11.5 Å². The van der Waals surface area contributed by atoms with Crippen LogP contribution in [-0.2, 0) is 0 Å². The number of nitro groups is 1. The molecule has 0 aliphatic rings. The van der Waals surface area contributed by atoms with E-state index in [4.69, 9.17) is 9.84 Å². The molecule has 0 heterocycles. The summed E-state index contributed by atoms with van der Waals surface area (Å²) in [4.78, 5) is 33.3. The van der Waals surface area contributed by atoms with Gasteiger partial charge in [0.25, 0.3) is 11.6 Å². The average molecular weight is 378 g/mol. The molecular formula is C20H14N2O6. The molecule has 8 heteroatoms. The van der Waals surface area contributed by atoms with E-state index in [1.807, 2.05) is 0 Å². The maximum Gasteiger partial charge on any atom is 0.335 e. The first kappa shape index (κ1) is 18.6. The molecule has 140 valence electrons. The summed E-state index contributed by atoms with van der Waals surface area (Å²) in [7, 11) is 0. The van der Waals surface area contributed by atoms with Crippen molar-refractivity contribution < 1.29 is 24.4 Å². The molecule has 3 aromatic rings. The minimum atomic E-state index is -1.04. The number of non-ortho nitro benzene ring substituents is 1. The van der Waals surface area contributed by atoms with Crippen molar-refractivity contribution in [2.75, 3.05) is 5.32 Å². The number of carboxylic acid groups (broad SMARTS) is 1. The Kier molecular flexibility index (Phi) is 5.31. The Bertz CT molecular complexity index is 1010. The molecule has 2 N–H and O–H groups in total. The Morgan fingerprint density at radius 2 is 1.32 bits per heavy atom. The molecule has 0 aliphatic heterocycles. The van der Waals surface area contributed by atoms with Gasteiger partial charge in [0.15, 0.2) is 0 Å². The zero-order valence-corrected chi connectivity index (χ0v) is 14.4. The number of rotatable bonds is 6. The minimum Gasteiger partial charge on any atom is -0.478 e. The van der Waals surface area contributed by atoms with Gasteiger partial charge in [0.2, 0.25) is 0 Å². The van der Waals surface area contributed by atoms with Gasteiger partial charge in [-0.3, -0.25) is 14.9 Å². The van der Waals surface area contributed by atoms with Crippen molar-refractivity contribution in [3.05, 3.63) is 94.0 Å². The number of nitro benzene ring substituents is 1. The molecule has 28 heavy (non-hydrogen) atoms. The maximum atomic E-state index is 12.3.